The third-order valence-electron chi connectivity index (χ3n) is 1.14. The Labute approximate surface area is 107 Å². The van der Waals surface area contributed by atoms with Gasteiger partial charge in [-0.1, -0.05) is 23.2 Å². The van der Waals surface area contributed by atoms with E-state index in [1.54, 1.807) is 6.07 Å². The molecule has 0 aliphatic rings. The Balaban J connectivity index is 0.00000169. The maximum absolute atomic E-state index is 10.4. The molecule has 0 amide bonds. The standard InChI is InChI=1S/C8H6Cl2O3.Mg/c1-5(11)12-13-8-3-2-6(9)4-7(8)10;/h2-4H,1H3;. The summed E-state index contributed by atoms with van der Waals surface area (Å²) in [7, 11) is 0. The van der Waals surface area contributed by atoms with Gasteiger partial charge in [0.1, 0.15) is 0 Å². The molecular formula is C8H6Cl2MgO3. The van der Waals surface area contributed by atoms with Crippen molar-refractivity contribution in [1.82, 2.24) is 0 Å². The van der Waals surface area contributed by atoms with Crippen LogP contribution in [0.1, 0.15) is 6.92 Å². The maximum Gasteiger partial charge on any atom is 0.352 e. The van der Waals surface area contributed by atoms with Crippen LogP contribution in [0.4, 0.5) is 0 Å². The first-order valence-electron chi connectivity index (χ1n) is 3.40. The summed E-state index contributed by atoms with van der Waals surface area (Å²) >= 11 is 11.3. The SMILES string of the molecule is CC(=O)OOc1ccc(Cl)cc1Cl.[Mg]. The van der Waals surface area contributed by atoms with Gasteiger partial charge in [0.2, 0.25) is 0 Å². The molecule has 0 spiro atoms. The first kappa shape index (κ1) is 13.8. The van der Waals surface area contributed by atoms with Crippen LogP contribution in [0.25, 0.3) is 0 Å². The van der Waals surface area contributed by atoms with Gasteiger partial charge >= 0.3 is 5.97 Å². The quantitative estimate of drug-likeness (QED) is 0.456. The highest BCUT2D eigenvalue weighted by molar-refractivity contribution is 6.35. The molecule has 0 aliphatic carbocycles. The molecule has 0 N–H and O–H groups in total. The van der Waals surface area contributed by atoms with Crippen molar-refractivity contribution in [2.75, 3.05) is 0 Å². The van der Waals surface area contributed by atoms with Crippen molar-refractivity contribution in [2.45, 2.75) is 6.92 Å². The average molecular weight is 245 g/mol. The van der Waals surface area contributed by atoms with Crippen LogP contribution in [0.15, 0.2) is 18.2 Å². The van der Waals surface area contributed by atoms with E-state index in [9.17, 15) is 4.79 Å². The van der Waals surface area contributed by atoms with Crippen molar-refractivity contribution in [3.63, 3.8) is 0 Å². The zero-order chi connectivity index (χ0) is 9.84. The van der Waals surface area contributed by atoms with E-state index in [2.05, 4.69) is 9.78 Å². The normalized spacial score (nSPS) is 8.79. The van der Waals surface area contributed by atoms with E-state index < -0.39 is 5.97 Å². The van der Waals surface area contributed by atoms with Gasteiger partial charge < -0.3 is 0 Å². The van der Waals surface area contributed by atoms with E-state index in [0.717, 1.165) is 0 Å². The van der Waals surface area contributed by atoms with Crippen LogP contribution in [-0.4, -0.2) is 29.0 Å². The maximum atomic E-state index is 10.4. The fourth-order valence-corrected chi connectivity index (χ4v) is 1.09. The van der Waals surface area contributed by atoms with E-state index in [1.165, 1.54) is 19.1 Å². The Bertz CT molecular complexity index is 330. The summed E-state index contributed by atoms with van der Waals surface area (Å²) < 4.78 is 0. The fraction of sp³-hybridized carbons (Fsp3) is 0.125. The second kappa shape index (κ2) is 6.34. The molecule has 0 unspecified atom stereocenters. The summed E-state index contributed by atoms with van der Waals surface area (Å²) in [6, 6.07) is 4.57. The molecule has 0 saturated heterocycles. The van der Waals surface area contributed by atoms with Crippen LogP contribution < -0.4 is 4.89 Å². The van der Waals surface area contributed by atoms with Gasteiger partial charge in [-0.2, -0.15) is 0 Å². The zero-order valence-electron chi connectivity index (χ0n) is 7.42. The summed E-state index contributed by atoms with van der Waals surface area (Å²) in [5.41, 5.74) is 0. The second-order valence-electron chi connectivity index (χ2n) is 2.23. The molecule has 3 nitrogen and oxygen atoms in total. The van der Waals surface area contributed by atoms with Gasteiger partial charge in [-0.15, -0.1) is 0 Å². The topological polar surface area (TPSA) is 35.5 Å². The van der Waals surface area contributed by atoms with Crippen molar-refractivity contribution >= 4 is 52.2 Å². The average Bonchev–Trinajstić information content (AvgIpc) is 2.02. The van der Waals surface area contributed by atoms with Crippen LogP contribution in [0.3, 0.4) is 0 Å². The van der Waals surface area contributed by atoms with E-state index >= 15 is 0 Å². The minimum atomic E-state index is -0.550. The number of rotatable bonds is 2. The second-order valence-corrected chi connectivity index (χ2v) is 3.08. The molecule has 0 aliphatic heterocycles. The predicted molar refractivity (Wildman–Crippen MR) is 54.6 cm³/mol. The van der Waals surface area contributed by atoms with Crippen LogP contribution in [0.5, 0.6) is 5.75 Å². The minimum Gasteiger partial charge on any atom is -0.285 e. The summed E-state index contributed by atoms with van der Waals surface area (Å²) in [4.78, 5) is 19.3. The van der Waals surface area contributed by atoms with Crippen molar-refractivity contribution in [3.05, 3.63) is 28.2 Å². The Hall–Kier alpha value is -0.164. The summed E-state index contributed by atoms with van der Waals surface area (Å²) in [5, 5.41) is 0.772. The molecular weight excluding hydrogens is 239 g/mol. The van der Waals surface area contributed by atoms with Gasteiger partial charge in [-0.05, 0) is 18.2 Å². The largest absolute Gasteiger partial charge is 0.352 e. The van der Waals surface area contributed by atoms with Gasteiger partial charge in [0.25, 0.3) is 0 Å². The Morgan fingerprint density at radius 1 is 1.36 bits per heavy atom. The molecule has 14 heavy (non-hydrogen) atoms. The van der Waals surface area contributed by atoms with Gasteiger partial charge in [-0.3, -0.25) is 9.78 Å². The van der Waals surface area contributed by atoms with Crippen LogP contribution in [0.2, 0.25) is 10.0 Å². The molecule has 0 saturated carbocycles. The number of benzene rings is 1. The molecule has 1 rings (SSSR count). The van der Waals surface area contributed by atoms with Gasteiger partial charge in [-0.25, -0.2) is 4.79 Å². The first-order valence-corrected chi connectivity index (χ1v) is 4.15. The van der Waals surface area contributed by atoms with Crippen LogP contribution in [-0.2, 0) is 9.68 Å². The Morgan fingerprint density at radius 3 is 2.50 bits per heavy atom. The molecule has 6 heteroatoms. The third kappa shape index (κ3) is 4.37. The molecule has 0 aromatic heterocycles. The van der Waals surface area contributed by atoms with Crippen LogP contribution in [0, 0.1) is 0 Å². The van der Waals surface area contributed by atoms with Crippen molar-refractivity contribution < 1.29 is 14.6 Å². The lowest BCUT2D eigenvalue weighted by Crippen LogP contribution is -2.02. The van der Waals surface area contributed by atoms with Gasteiger partial charge in [0.15, 0.2) is 5.75 Å². The first-order chi connectivity index (χ1) is 6.09. The molecule has 0 heterocycles. The predicted octanol–water partition coefficient (Wildman–Crippen LogP) is 2.47. The zero-order valence-corrected chi connectivity index (χ0v) is 10.3. The lowest BCUT2D eigenvalue weighted by Gasteiger charge is -2.03. The number of halogens is 2. The van der Waals surface area contributed by atoms with Crippen molar-refractivity contribution in [2.24, 2.45) is 0 Å². The molecule has 0 atom stereocenters. The fourth-order valence-electron chi connectivity index (χ4n) is 0.646. The highest BCUT2D eigenvalue weighted by Crippen LogP contribution is 2.27. The molecule has 1 aromatic rings. The van der Waals surface area contributed by atoms with Gasteiger partial charge in [0, 0.05) is 35.0 Å². The van der Waals surface area contributed by atoms with E-state index in [1.807, 2.05) is 0 Å². The lowest BCUT2D eigenvalue weighted by molar-refractivity contribution is -0.210. The van der Waals surface area contributed by atoms with Crippen molar-refractivity contribution in [3.8, 4) is 5.75 Å². The molecule has 2 radical (unpaired) electrons. The molecule has 0 fully saturated rings. The lowest BCUT2D eigenvalue weighted by atomic mass is 10.3. The summed E-state index contributed by atoms with van der Waals surface area (Å²) in [6.45, 7) is 1.23. The van der Waals surface area contributed by atoms with E-state index in [0.29, 0.717) is 5.02 Å². The number of carbonyl (C=O) groups is 1. The third-order valence-corrected chi connectivity index (χ3v) is 1.67. The molecule has 1 aromatic carbocycles. The number of carbonyl (C=O) groups excluding carboxylic acids is 1. The Morgan fingerprint density at radius 2 is 2.00 bits per heavy atom. The molecule has 72 valence electrons. The summed E-state index contributed by atoms with van der Waals surface area (Å²) in [5.74, 6) is -0.299. The van der Waals surface area contributed by atoms with Crippen LogP contribution >= 0.6 is 23.2 Å². The highest BCUT2D eigenvalue weighted by Gasteiger charge is 2.04. The Kier molecular flexibility index (Phi) is 6.27. The van der Waals surface area contributed by atoms with Crippen molar-refractivity contribution in [1.29, 1.82) is 0 Å². The molecule has 0 bridgehead atoms. The van der Waals surface area contributed by atoms with Gasteiger partial charge in [0.05, 0.1) is 5.02 Å². The van der Waals surface area contributed by atoms with E-state index in [-0.39, 0.29) is 33.8 Å². The minimum absolute atomic E-state index is 0. The summed E-state index contributed by atoms with van der Waals surface area (Å²) in [6.07, 6.45) is 0. The van der Waals surface area contributed by atoms with E-state index in [4.69, 9.17) is 23.2 Å². The monoisotopic (exact) mass is 244 g/mol. The number of hydrogen-bond donors (Lipinski definition) is 0. The number of hydrogen-bond acceptors (Lipinski definition) is 3. The highest BCUT2D eigenvalue weighted by atomic mass is 35.5. The smallest absolute Gasteiger partial charge is 0.285 e.